The van der Waals surface area contributed by atoms with Gasteiger partial charge in [0.05, 0.1) is 11.2 Å². The molecule has 0 aliphatic rings. The Hall–Kier alpha value is -2.18. The van der Waals surface area contributed by atoms with E-state index in [4.69, 9.17) is 11.6 Å². The van der Waals surface area contributed by atoms with Crippen molar-refractivity contribution in [3.63, 3.8) is 0 Å². The Morgan fingerprint density at radius 3 is 2.64 bits per heavy atom. The number of nitrogens with zero attached hydrogens (tertiary/aromatic N) is 1. The number of aromatic nitrogens is 1. The first kappa shape index (κ1) is 14.7. The van der Waals surface area contributed by atoms with Crippen molar-refractivity contribution in [2.24, 2.45) is 0 Å². The Morgan fingerprint density at radius 1 is 1.09 bits per heavy atom. The van der Waals surface area contributed by atoms with Gasteiger partial charge in [0, 0.05) is 16.6 Å². The molecule has 0 saturated carbocycles. The van der Waals surface area contributed by atoms with E-state index in [9.17, 15) is 12.8 Å². The summed E-state index contributed by atoms with van der Waals surface area (Å²) in [6.45, 7) is 0. The van der Waals surface area contributed by atoms with Gasteiger partial charge in [0.15, 0.2) is 0 Å². The maximum absolute atomic E-state index is 13.8. The largest absolute Gasteiger partial charge is 0.277 e. The first-order valence-electron chi connectivity index (χ1n) is 6.29. The Bertz CT molecular complexity index is 955. The Labute approximate surface area is 131 Å². The van der Waals surface area contributed by atoms with Gasteiger partial charge in [-0.3, -0.25) is 9.71 Å². The third kappa shape index (κ3) is 2.75. The van der Waals surface area contributed by atoms with E-state index in [0.29, 0.717) is 5.52 Å². The molecule has 1 N–H and O–H groups in total. The lowest BCUT2D eigenvalue weighted by Crippen LogP contribution is -2.15. The molecule has 0 unspecified atom stereocenters. The number of rotatable bonds is 3. The highest BCUT2D eigenvalue weighted by molar-refractivity contribution is 7.92. The zero-order valence-electron chi connectivity index (χ0n) is 11.1. The molecule has 0 fully saturated rings. The fraction of sp³-hybridized carbons (Fsp3) is 0. The number of benzene rings is 2. The van der Waals surface area contributed by atoms with Crippen LogP contribution in [0, 0.1) is 5.82 Å². The monoisotopic (exact) mass is 336 g/mol. The van der Waals surface area contributed by atoms with Gasteiger partial charge in [0.1, 0.15) is 10.7 Å². The van der Waals surface area contributed by atoms with Crippen molar-refractivity contribution in [3.05, 3.63) is 65.6 Å². The van der Waals surface area contributed by atoms with Crippen LogP contribution in [0.2, 0.25) is 5.02 Å². The van der Waals surface area contributed by atoms with E-state index in [-0.39, 0.29) is 10.7 Å². The summed E-state index contributed by atoms with van der Waals surface area (Å²) in [6, 6.07) is 12.0. The molecule has 3 rings (SSSR count). The summed E-state index contributed by atoms with van der Waals surface area (Å²) in [4.78, 5) is 3.69. The highest BCUT2D eigenvalue weighted by atomic mass is 35.5. The lowest BCUT2D eigenvalue weighted by Gasteiger charge is -2.10. The van der Waals surface area contributed by atoms with Gasteiger partial charge in [0.25, 0.3) is 10.0 Å². The molecule has 0 radical (unpaired) electrons. The molecular formula is C15H10ClFN2O2S. The highest BCUT2D eigenvalue weighted by Gasteiger charge is 2.20. The number of para-hydroxylation sites is 1. The zero-order chi connectivity index (χ0) is 15.7. The van der Waals surface area contributed by atoms with Gasteiger partial charge in [-0.05, 0) is 30.3 Å². The highest BCUT2D eigenvalue weighted by Crippen LogP contribution is 2.25. The van der Waals surface area contributed by atoms with Crippen LogP contribution >= 0.6 is 11.6 Å². The predicted octanol–water partition coefficient (Wildman–Crippen LogP) is 3.83. The number of hydrogen-bond acceptors (Lipinski definition) is 3. The first-order valence-corrected chi connectivity index (χ1v) is 8.15. The van der Waals surface area contributed by atoms with Crippen LogP contribution in [0.25, 0.3) is 10.9 Å². The summed E-state index contributed by atoms with van der Waals surface area (Å²) in [5, 5.41) is 0.905. The summed E-state index contributed by atoms with van der Waals surface area (Å²) in [7, 11) is -4.08. The van der Waals surface area contributed by atoms with Crippen molar-refractivity contribution in [2.45, 2.75) is 4.90 Å². The van der Waals surface area contributed by atoms with E-state index in [0.717, 1.165) is 17.5 Å². The van der Waals surface area contributed by atoms with E-state index >= 15 is 0 Å². The molecule has 0 aliphatic heterocycles. The molecule has 0 amide bonds. The van der Waals surface area contributed by atoms with E-state index < -0.39 is 20.7 Å². The molecule has 0 bridgehead atoms. The normalized spacial score (nSPS) is 11.5. The molecule has 112 valence electrons. The number of pyridine rings is 1. The molecule has 0 spiro atoms. The quantitative estimate of drug-likeness (QED) is 0.790. The van der Waals surface area contributed by atoms with Crippen LogP contribution in [-0.2, 0) is 10.0 Å². The van der Waals surface area contributed by atoms with Gasteiger partial charge in [0.2, 0.25) is 0 Å². The van der Waals surface area contributed by atoms with Gasteiger partial charge in [-0.2, -0.15) is 0 Å². The maximum Gasteiger partial charge on any atom is 0.264 e. The number of anilines is 1. The average molecular weight is 337 g/mol. The van der Waals surface area contributed by atoms with Crippen molar-refractivity contribution in [3.8, 4) is 0 Å². The van der Waals surface area contributed by atoms with Crippen molar-refractivity contribution in [1.29, 1.82) is 0 Å². The molecule has 7 heteroatoms. The maximum atomic E-state index is 13.8. The number of fused-ring (bicyclic) bond motifs is 1. The molecule has 3 aromatic rings. The molecule has 22 heavy (non-hydrogen) atoms. The minimum Gasteiger partial charge on any atom is -0.277 e. The molecule has 2 aromatic carbocycles. The standard InChI is InChI=1S/C15H10ClFN2O2S/c16-11-6-7-14(12(17)9-11)22(20,21)19-13-5-1-3-10-4-2-8-18-15(10)13/h1-9,19H. The third-order valence-corrected chi connectivity index (χ3v) is 4.69. The Morgan fingerprint density at radius 2 is 1.86 bits per heavy atom. The molecule has 1 heterocycles. The van der Waals surface area contributed by atoms with Crippen LogP contribution in [0.3, 0.4) is 0 Å². The van der Waals surface area contributed by atoms with Crippen LogP contribution in [0.5, 0.6) is 0 Å². The molecule has 1 aromatic heterocycles. The zero-order valence-corrected chi connectivity index (χ0v) is 12.7. The van der Waals surface area contributed by atoms with Crippen molar-refractivity contribution < 1.29 is 12.8 Å². The van der Waals surface area contributed by atoms with E-state index in [1.54, 1.807) is 24.4 Å². The first-order chi connectivity index (χ1) is 10.5. The summed E-state index contributed by atoms with van der Waals surface area (Å²) in [5.74, 6) is -0.909. The van der Waals surface area contributed by atoms with Gasteiger partial charge in [-0.15, -0.1) is 0 Å². The van der Waals surface area contributed by atoms with Gasteiger partial charge < -0.3 is 0 Å². The number of nitrogens with one attached hydrogen (secondary N) is 1. The number of halogens is 2. The Balaban J connectivity index is 2.07. The Kier molecular flexibility index (Phi) is 3.72. The topological polar surface area (TPSA) is 59.1 Å². The second kappa shape index (κ2) is 5.55. The van der Waals surface area contributed by atoms with Gasteiger partial charge >= 0.3 is 0 Å². The van der Waals surface area contributed by atoms with Gasteiger partial charge in [-0.1, -0.05) is 29.8 Å². The SMILES string of the molecule is O=S(=O)(Nc1cccc2cccnc12)c1ccc(Cl)cc1F. The van der Waals surface area contributed by atoms with Gasteiger partial charge in [-0.25, -0.2) is 12.8 Å². The lowest BCUT2D eigenvalue weighted by molar-refractivity contribution is 0.570. The van der Waals surface area contributed by atoms with Crippen LogP contribution in [0.1, 0.15) is 0 Å². The van der Waals surface area contributed by atoms with E-state index in [1.807, 2.05) is 12.1 Å². The average Bonchev–Trinajstić information content (AvgIpc) is 2.47. The van der Waals surface area contributed by atoms with Crippen LogP contribution in [0.15, 0.2) is 59.6 Å². The van der Waals surface area contributed by atoms with E-state index in [2.05, 4.69) is 9.71 Å². The number of hydrogen-bond donors (Lipinski definition) is 1. The predicted molar refractivity (Wildman–Crippen MR) is 84.0 cm³/mol. The van der Waals surface area contributed by atoms with E-state index in [1.165, 1.54) is 6.07 Å². The second-order valence-corrected chi connectivity index (χ2v) is 6.65. The summed E-state index contributed by atoms with van der Waals surface area (Å²) >= 11 is 5.64. The smallest absolute Gasteiger partial charge is 0.264 e. The third-order valence-electron chi connectivity index (χ3n) is 3.06. The summed E-state index contributed by atoms with van der Waals surface area (Å²) in [5.41, 5.74) is 0.774. The number of sulfonamides is 1. The lowest BCUT2D eigenvalue weighted by atomic mass is 10.2. The second-order valence-electron chi connectivity index (χ2n) is 4.56. The van der Waals surface area contributed by atoms with Crippen LogP contribution in [-0.4, -0.2) is 13.4 Å². The summed E-state index contributed by atoms with van der Waals surface area (Å²) in [6.07, 6.45) is 1.56. The molecular weight excluding hydrogens is 327 g/mol. The van der Waals surface area contributed by atoms with Crippen LogP contribution in [0.4, 0.5) is 10.1 Å². The molecule has 4 nitrogen and oxygen atoms in total. The minimum absolute atomic E-state index is 0.128. The van der Waals surface area contributed by atoms with Crippen molar-refractivity contribution in [2.75, 3.05) is 4.72 Å². The molecule has 0 saturated heterocycles. The fourth-order valence-corrected chi connectivity index (χ4v) is 3.37. The fourth-order valence-electron chi connectivity index (χ4n) is 2.08. The molecule has 0 aliphatic carbocycles. The van der Waals surface area contributed by atoms with Crippen LogP contribution < -0.4 is 4.72 Å². The van der Waals surface area contributed by atoms with Crippen molar-refractivity contribution >= 4 is 38.2 Å². The van der Waals surface area contributed by atoms with Crippen molar-refractivity contribution in [1.82, 2.24) is 4.98 Å². The molecule has 0 atom stereocenters. The minimum atomic E-state index is -4.08. The summed E-state index contributed by atoms with van der Waals surface area (Å²) < 4.78 is 40.9.